The second kappa shape index (κ2) is 8.41. The molecule has 2 aliphatic heterocycles. The molecule has 2 fully saturated rings. The zero-order chi connectivity index (χ0) is 19.3. The molecule has 27 heavy (non-hydrogen) atoms. The quantitative estimate of drug-likeness (QED) is 0.783. The molecule has 3 N–H and O–H groups in total. The first-order valence-corrected chi connectivity index (χ1v) is 9.65. The van der Waals surface area contributed by atoms with Crippen molar-refractivity contribution in [1.82, 2.24) is 15.1 Å². The Morgan fingerprint density at radius 1 is 1.15 bits per heavy atom. The predicted octanol–water partition coefficient (Wildman–Crippen LogP) is 1.13. The van der Waals surface area contributed by atoms with Crippen LogP contribution in [-0.4, -0.2) is 60.4 Å². The van der Waals surface area contributed by atoms with Gasteiger partial charge >= 0.3 is 6.03 Å². The molecular weight excluding hydrogens is 344 g/mol. The van der Waals surface area contributed by atoms with E-state index in [4.69, 9.17) is 5.73 Å². The summed E-state index contributed by atoms with van der Waals surface area (Å²) < 4.78 is 0. The third-order valence-corrected chi connectivity index (χ3v) is 5.68. The van der Waals surface area contributed by atoms with Gasteiger partial charge in [-0.25, -0.2) is 4.79 Å². The first kappa shape index (κ1) is 19.2. The van der Waals surface area contributed by atoms with E-state index in [2.05, 4.69) is 17.4 Å². The lowest BCUT2D eigenvalue weighted by Crippen LogP contribution is -2.51. The lowest BCUT2D eigenvalue weighted by molar-refractivity contribution is -0.146. The summed E-state index contributed by atoms with van der Waals surface area (Å²) in [7, 11) is 0. The van der Waals surface area contributed by atoms with Gasteiger partial charge in [0.05, 0.1) is 12.0 Å². The van der Waals surface area contributed by atoms with Crippen LogP contribution in [0, 0.1) is 5.41 Å². The van der Waals surface area contributed by atoms with E-state index in [1.54, 1.807) is 4.90 Å². The monoisotopic (exact) mass is 372 g/mol. The summed E-state index contributed by atoms with van der Waals surface area (Å²) in [5.41, 5.74) is 5.86. The fourth-order valence-corrected chi connectivity index (χ4v) is 4.22. The highest BCUT2D eigenvalue weighted by atomic mass is 16.2. The molecule has 1 aromatic carbocycles. The zero-order valence-electron chi connectivity index (χ0n) is 15.7. The Hall–Kier alpha value is -2.57. The largest absolute Gasteiger partial charge is 0.352 e. The van der Waals surface area contributed by atoms with Crippen LogP contribution in [0.15, 0.2) is 30.3 Å². The van der Waals surface area contributed by atoms with Crippen LogP contribution >= 0.6 is 0 Å². The second-order valence-electron chi connectivity index (χ2n) is 7.55. The number of hydrogen-bond acceptors (Lipinski definition) is 3. The van der Waals surface area contributed by atoms with Crippen molar-refractivity contribution in [2.45, 2.75) is 32.1 Å². The first-order chi connectivity index (χ1) is 13.0. The van der Waals surface area contributed by atoms with Gasteiger partial charge in [0.2, 0.25) is 11.8 Å². The van der Waals surface area contributed by atoms with Crippen LogP contribution < -0.4 is 11.1 Å². The van der Waals surface area contributed by atoms with Crippen molar-refractivity contribution in [3.05, 3.63) is 35.9 Å². The smallest absolute Gasteiger partial charge is 0.312 e. The number of benzene rings is 1. The maximum absolute atomic E-state index is 13.1. The number of nitrogens with zero attached hydrogens (tertiary/aromatic N) is 2. The van der Waals surface area contributed by atoms with Gasteiger partial charge < -0.3 is 20.9 Å². The molecule has 1 spiro atoms. The molecule has 1 aromatic rings. The van der Waals surface area contributed by atoms with Crippen LogP contribution in [0.2, 0.25) is 0 Å². The minimum absolute atomic E-state index is 0.111. The summed E-state index contributed by atoms with van der Waals surface area (Å²) in [6.45, 7) is 2.45. The molecule has 2 aliphatic rings. The number of likely N-dealkylation sites (tertiary alicyclic amines) is 2. The number of aryl methyl sites for hydroxylation is 1. The van der Waals surface area contributed by atoms with E-state index in [0.29, 0.717) is 19.5 Å². The van der Waals surface area contributed by atoms with Gasteiger partial charge in [-0.15, -0.1) is 0 Å². The highest BCUT2D eigenvalue weighted by molar-refractivity contribution is 5.87. The third-order valence-electron chi connectivity index (χ3n) is 5.68. The van der Waals surface area contributed by atoms with Gasteiger partial charge in [0, 0.05) is 26.2 Å². The number of piperidine rings is 1. The van der Waals surface area contributed by atoms with Crippen molar-refractivity contribution in [1.29, 1.82) is 0 Å². The Bertz CT molecular complexity index is 694. The molecule has 0 radical (unpaired) electrons. The molecular formula is C20H28N4O3. The number of primary amides is 1. The maximum Gasteiger partial charge on any atom is 0.312 e. The average molecular weight is 372 g/mol. The molecule has 146 valence electrons. The lowest BCUT2D eigenvalue weighted by Gasteiger charge is -2.39. The van der Waals surface area contributed by atoms with Crippen LogP contribution in [0.4, 0.5) is 4.79 Å². The van der Waals surface area contributed by atoms with E-state index in [1.165, 1.54) is 5.56 Å². The van der Waals surface area contributed by atoms with Crippen LogP contribution in [0.1, 0.15) is 31.2 Å². The van der Waals surface area contributed by atoms with Crippen molar-refractivity contribution in [2.75, 3.05) is 32.7 Å². The van der Waals surface area contributed by atoms with Gasteiger partial charge in [-0.2, -0.15) is 0 Å². The third kappa shape index (κ3) is 4.59. The number of rotatable bonds is 6. The summed E-state index contributed by atoms with van der Waals surface area (Å²) in [4.78, 5) is 39.8. The van der Waals surface area contributed by atoms with Gasteiger partial charge in [0.25, 0.3) is 0 Å². The van der Waals surface area contributed by atoms with Crippen molar-refractivity contribution in [3.63, 3.8) is 0 Å². The summed E-state index contributed by atoms with van der Waals surface area (Å²) >= 11 is 0. The predicted molar refractivity (Wildman–Crippen MR) is 102 cm³/mol. The fraction of sp³-hybridized carbons (Fsp3) is 0.550. The molecule has 4 amide bonds. The van der Waals surface area contributed by atoms with E-state index >= 15 is 0 Å². The van der Waals surface area contributed by atoms with Crippen molar-refractivity contribution >= 4 is 17.8 Å². The number of amides is 4. The Morgan fingerprint density at radius 2 is 1.93 bits per heavy atom. The number of carbonyl (C=O) groups is 3. The standard InChI is InChI=1S/C20H28N4O3/c21-19(27)22-14-17(25)24-13-10-20(15-24)9-5-12-23(18(20)26)11-4-8-16-6-2-1-3-7-16/h1-3,6-7H,4-5,8-15H2,(H3,21,22,27)/t20-/m0/s1. The fourth-order valence-electron chi connectivity index (χ4n) is 4.22. The average Bonchev–Trinajstić information content (AvgIpc) is 3.09. The second-order valence-corrected chi connectivity index (χ2v) is 7.55. The lowest BCUT2D eigenvalue weighted by atomic mass is 9.78. The zero-order valence-corrected chi connectivity index (χ0v) is 15.7. The van der Waals surface area contributed by atoms with E-state index in [1.807, 2.05) is 23.1 Å². The van der Waals surface area contributed by atoms with E-state index in [9.17, 15) is 14.4 Å². The van der Waals surface area contributed by atoms with Crippen molar-refractivity contribution < 1.29 is 14.4 Å². The number of hydrogen-bond donors (Lipinski definition) is 2. The molecule has 2 saturated heterocycles. The highest BCUT2D eigenvalue weighted by Crippen LogP contribution is 2.40. The molecule has 7 nitrogen and oxygen atoms in total. The normalized spacial score (nSPS) is 22.3. The summed E-state index contributed by atoms with van der Waals surface area (Å²) in [5.74, 6) is -0.000326. The Morgan fingerprint density at radius 3 is 2.67 bits per heavy atom. The minimum Gasteiger partial charge on any atom is -0.352 e. The maximum atomic E-state index is 13.1. The number of carbonyl (C=O) groups excluding carboxylic acids is 3. The molecule has 0 bridgehead atoms. The van der Waals surface area contributed by atoms with Crippen molar-refractivity contribution in [2.24, 2.45) is 11.1 Å². The molecule has 0 aromatic heterocycles. The van der Waals surface area contributed by atoms with Gasteiger partial charge in [0.1, 0.15) is 0 Å². The highest BCUT2D eigenvalue weighted by Gasteiger charge is 2.49. The Balaban J connectivity index is 1.53. The Kier molecular flexibility index (Phi) is 5.98. The SMILES string of the molecule is NC(=O)NCC(=O)N1CC[C@@]2(CCCN(CCCc3ccccc3)C2=O)C1. The van der Waals surface area contributed by atoms with Crippen LogP contribution in [-0.2, 0) is 16.0 Å². The molecule has 0 saturated carbocycles. The van der Waals surface area contributed by atoms with Crippen LogP contribution in [0.25, 0.3) is 0 Å². The van der Waals surface area contributed by atoms with E-state index < -0.39 is 11.4 Å². The van der Waals surface area contributed by atoms with Crippen molar-refractivity contribution in [3.8, 4) is 0 Å². The molecule has 1 atom stereocenters. The van der Waals surface area contributed by atoms with Gasteiger partial charge in [0.15, 0.2) is 0 Å². The van der Waals surface area contributed by atoms with Gasteiger partial charge in [-0.3, -0.25) is 9.59 Å². The van der Waals surface area contributed by atoms with Crippen LogP contribution in [0.3, 0.4) is 0 Å². The number of nitrogens with two attached hydrogens (primary N) is 1. The summed E-state index contributed by atoms with van der Waals surface area (Å²) in [6, 6.07) is 9.59. The molecule has 0 unspecified atom stereocenters. The topological polar surface area (TPSA) is 95.7 Å². The first-order valence-electron chi connectivity index (χ1n) is 9.65. The van der Waals surface area contributed by atoms with Crippen LogP contribution in [0.5, 0.6) is 0 Å². The molecule has 0 aliphatic carbocycles. The van der Waals surface area contributed by atoms with E-state index in [0.717, 1.165) is 38.8 Å². The van der Waals surface area contributed by atoms with Gasteiger partial charge in [-0.05, 0) is 37.7 Å². The van der Waals surface area contributed by atoms with Gasteiger partial charge in [-0.1, -0.05) is 30.3 Å². The molecule has 7 heteroatoms. The summed E-state index contributed by atoms with van der Waals surface area (Å²) in [5, 5.41) is 2.33. The minimum atomic E-state index is -0.712. The summed E-state index contributed by atoms with van der Waals surface area (Å²) in [6.07, 6.45) is 4.40. The molecule has 3 rings (SSSR count). The number of urea groups is 1. The van der Waals surface area contributed by atoms with E-state index in [-0.39, 0.29) is 18.4 Å². The Labute approximate surface area is 159 Å². The number of nitrogens with one attached hydrogen (secondary N) is 1. The molecule has 2 heterocycles.